The molecule has 0 amide bonds. The molecule has 0 bridgehead atoms. The van der Waals surface area contributed by atoms with Gasteiger partial charge in [0.05, 0.1) is 0 Å². The minimum absolute atomic E-state index is 0.477. The number of hydrogen-bond acceptors (Lipinski definition) is 1. The molecule has 0 aliphatic rings. The minimum atomic E-state index is 0.477. The molecule has 0 N–H and O–H groups in total. The Labute approximate surface area is 82.5 Å². The number of thioether (sulfide) groups is 1. The van der Waals surface area contributed by atoms with Crippen LogP contribution in [0.3, 0.4) is 0 Å². The highest BCUT2D eigenvalue weighted by Crippen LogP contribution is 2.31. The Kier molecular flexibility index (Phi) is 4.68. The zero-order valence-corrected chi connectivity index (χ0v) is 10.3. The summed E-state index contributed by atoms with van der Waals surface area (Å²) in [6, 6.07) is 0. The lowest BCUT2D eigenvalue weighted by molar-refractivity contribution is 0.401. The van der Waals surface area contributed by atoms with Crippen molar-refractivity contribution in [2.24, 2.45) is 5.41 Å². The van der Waals surface area contributed by atoms with Gasteiger partial charge in [-0.05, 0) is 24.0 Å². The first kappa shape index (κ1) is 12.3. The van der Waals surface area contributed by atoms with Crippen LogP contribution in [0.5, 0.6) is 0 Å². The third kappa shape index (κ3) is 7.02. The predicted molar refractivity (Wildman–Crippen MR) is 60.9 cm³/mol. The molecular formula is C11H24S. The fourth-order valence-corrected chi connectivity index (χ4v) is 2.21. The molecule has 74 valence electrons. The van der Waals surface area contributed by atoms with E-state index in [0.29, 0.717) is 10.2 Å². The van der Waals surface area contributed by atoms with Crippen LogP contribution in [-0.2, 0) is 0 Å². The molecule has 0 rings (SSSR count). The van der Waals surface area contributed by atoms with Gasteiger partial charge in [0.1, 0.15) is 0 Å². The molecule has 12 heavy (non-hydrogen) atoms. The topological polar surface area (TPSA) is 0 Å². The highest BCUT2D eigenvalue weighted by atomic mass is 32.2. The monoisotopic (exact) mass is 188 g/mol. The summed E-state index contributed by atoms with van der Waals surface area (Å²) >= 11 is 2.11. The Morgan fingerprint density at radius 2 is 1.50 bits per heavy atom. The second kappa shape index (κ2) is 4.55. The quantitative estimate of drug-likeness (QED) is 0.632. The van der Waals surface area contributed by atoms with Crippen molar-refractivity contribution < 1.29 is 0 Å². The van der Waals surface area contributed by atoms with Crippen molar-refractivity contribution in [1.82, 2.24) is 0 Å². The van der Waals surface area contributed by atoms with Crippen LogP contribution in [0.15, 0.2) is 0 Å². The molecule has 0 fully saturated rings. The van der Waals surface area contributed by atoms with Gasteiger partial charge in [-0.15, -0.1) is 0 Å². The summed E-state index contributed by atoms with van der Waals surface area (Å²) in [4.78, 5) is 0. The Bertz CT molecular complexity index is 119. The molecule has 0 spiro atoms. The lowest BCUT2D eigenvalue weighted by Gasteiger charge is -2.25. The van der Waals surface area contributed by atoms with Gasteiger partial charge in [-0.3, -0.25) is 0 Å². The van der Waals surface area contributed by atoms with E-state index in [1.54, 1.807) is 0 Å². The SMILES string of the molecule is CCC(C)(C)SCCC(C)(C)C. The van der Waals surface area contributed by atoms with E-state index in [0.717, 1.165) is 0 Å². The van der Waals surface area contributed by atoms with E-state index in [-0.39, 0.29) is 0 Å². The van der Waals surface area contributed by atoms with Crippen molar-refractivity contribution >= 4 is 11.8 Å². The zero-order chi connectivity index (χ0) is 9.83. The summed E-state index contributed by atoms with van der Waals surface area (Å²) in [5.41, 5.74) is 0.497. The summed E-state index contributed by atoms with van der Waals surface area (Å²) in [5, 5.41) is 0. The molecule has 0 saturated carbocycles. The van der Waals surface area contributed by atoms with Crippen LogP contribution < -0.4 is 0 Å². The van der Waals surface area contributed by atoms with Gasteiger partial charge in [-0.2, -0.15) is 11.8 Å². The second-order valence-corrected chi connectivity index (χ2v) is 7.07. The highest BCUT2D eigenvalue weighted by Gasteiger charge is 2.17. The largest absolute Gasteiger partial charge is 0.156 e. The van der Waals surface area contributed by atoms with Crippen molar-refractivity contribution in [3.05, 3.63) is 0 Å². The Hall–Kier alpha value is 0.350. The Morgan fingerprint density at radius 1 is 1.00 bits per heavy atom. The van der Waals surface area contributed by atoms with Gasteiger partial charge in [0.25, 0.3) is 0 Å². The molecule has 0 aromatic heterocycles. The van der Waals surface area contributed by atoms with Crippen LogP contribution in [0.25, 0.3) is 0 Å². The van der Waals surface area contributed by atoms with Gasteiger partial charge in [-0.1, -0.05) is 41.5 Å². The molecule has 0 aromatic rings. The molecule has 0 aromatic carbocycles. The molecule has 0 aliphatic carbocycles. The van der Waals surface area contributed by atoms with E-state index >= 15 is 0 Å². The first-order chi connectivity index (χ1) is 5.27. The van der Waals surface area contributed by atoms with E-state index in [1.165, 1.54) is 18.6 Å². The molecule has 0 unspecified atom stereocenters. The molecule has 0 radical (unpaired) electrons. The van der Waals surface area contributed by atoms with Crippen LogP contribution in [0, 0.1) is 5.41 Å². The zero-order valence-electron chi connectivity index (χ0n) is 9.53. The smallest absolute Gasteiger partial charge is 0.0101 e. The normalized spacial score (nSPS) is 13.5. The molecule has 0 atom stereocenters. The van der Waals surface area contributed by atoms with E-state index in [9.17, 15) is 0 Å². The number of rotatable bonds is 4. The lowest BCUT2D eigenvalue weighted by atomic mass is 9.94. The predicted octanol–water partition coefficient (Wildman–Crippen LogP) is 4.34. The van der Waals surface area contributed by atoms with Crippen molar-refractivity contribution in [1.29, 1.82) is 0 Å². The van der Waals surface area contributed by atoms with Crippen molar-refractivity contribution in [2.45, 2.75) is 59.1 Å². The summed E-state index contributed by atoms with van der Waals surface area (Å²) in [7, 11) is 0. The van der Waals surface area contributed by atoms with Crippen molar-refractivity contribution in [2.75, 3.05) is 5.75 Å². The average molecular weight is 188 g/mol. The molecule has 0 heterocycles. The number of hydrogen-bond donors (Lipinski definition) is 0. The van der Waals surface area contributed by atoms with Gasteiger partial charge >= 0.3 is 0 Å². The Morgan fingerprint density at radius 3 is 1.83 bits per heavy atom. The van der Waals surface area contributed by atoms with E-state index in [2.05, 4.69) is 53.3 Å². The molecular weight excluding hydrogens is 164 g/mol. The first-order valence-electron chi connectivity index (χ1n) is 4.91. The average Bonchev–Trinajstić information content (AvgIpc) is 1.84. The van der Waals surface area contributed by atoms with Gasteiger partial charge in [-0.25, -0.2) is 0 Å². The first-order valence-corrected chi connectivity index (χ1v) is 5.89. The molecule has 0 aliphatic heterocycles. The van der Waals surface area contributed by atoms with Crippen LogP contribution >= 0.6 is 11.8 Å². The summed E-state index contributed by atoms with van der Waals surface area (Å²) in [6.45, 7) is 13.9. The van der Waals surface area contributed by atoms with E-state index in [1.807, 2.05) is 0 Å². The molecule has 0 saturated heterocycles. The molecule has 0 nitrogen and oxygen atoms in total. The maximum absolute atomic E-state index is 2.33. The van der Waals surface area contributed by atoms with Crippen LogP contribution in [0.1, 0.15) is 54.4 Å². The van der Waals surface area contributed by atoms with Crippen molar-refractivity contribution in [3.8, 4) is 0 Å². The van der Waals surface area contributed by atoms with Crippen LogP contribution in [-0.4, -0.2) is 10.5 Å². The van der Waals surface area contributed by atoms with Gasteiger partial charge in [0, 0.05) is 4.75 Å². The second-order valence-electron chi connectivity index (χ2n) is 5.27. The summed E-state index contributed by atoms with van der Waals surface area (Å²) in [5.74, 6) is 1.30. The van der Waals surface area contributed by atoms with Gasteiger partial charge in [0.15, 0.2) is 0 Å². The van der Waals surface area contributed by atoms with E-state index in [4.69, 9.17) is 0 Å². The fraction of sp³-hybridized carbons (Fsp3) is 1.00. The fourth-order valence-electron chi connectivity index (χ4n) is 0.736. The highest BCUT2D eigenvalue weighted by molar-refractivity contribution is 8.00. The summed E-state index contributed by atoms with van der Waals surface area (Å²) < 4.78 is 0.477. The van der Waals surface area contributed by atoms with Gasteiger partial charge < -0.3 is 0 Å². The third-order valence-electron chi connectivity index (χ3n) is 2.20. The third-order valence-corrected chi connectivity index (χ3v) is 3.67. The van der Waals surface area contributed by atoms with Crippen LogP contribution in [0.2, 0.25) is 0 Å². The molecule has 1 heteroatoms. The maximum atomic E-state index is 2.33. The van der Waals surface area contributed by atoms with Crippen molar-refractivity contribution in [3.63, 3.8) is 0 Å². The standard InChI is InChI=1S/C11H24S/c1-7-11(5,6)12-9-8-10(2,3)4/h7-9H2,1-6H3. The minimum Gasteiger partial charge on any atom is -0.156 e. The van der Waals surface area contributed by atoms with Crippen LogP contribution in [0.4, 0.5) is 0 Å². The maximum Gasteiger partial charge on any atom is 0.0101 e. The summed E-state index contributed by atoms with van der Waals surface area (Å²) in [6.07, 6.45) is 2.59. The lowest BCUT2D eigenvalue weighted by Crippen LogP contribution is -2.15. The Balaban J connectivity index is 3.57. The van der Waals surface area contributed by atoms with Gasteiger partial charge in [0.2, 0.25) is 0 Å². The van der Waals surface area contributed by atoms with E-state index < -0.39 is 0 Å².